The second-order valence-electron chi connectivity index (χ2n) is 9.11. The van der Waals surface area contributed by atoms with Crippen LogP contribution in [-0.2, 0) is 28.6 Å². The van der Waals surface area contributed by atoms with Gasteiger partial charge in [-0.2, -0.15) is 0 Å². The van der Waals surface area contributed by atoms with E-state index in [1.807, 2.05) is 0 Å². The van der Waals surface area contributed by atoms with Gasteiger partial charge in [-0.3, -0.25) is 19.3 Å². The summed E-state index contributed by atoms with van der Waals surface area (Å²) in [5, 5.41) is 5.63. The summed E-state index contributed by atoms with van der Waals surface area (Å²) >= 11 is 0. The predicted octanol–water partition coefficient (Wildman–Crippen LogP) is 1.88. The molecule has 0 radical (unpaired) electrons. The third kappa shape index (κ3) is 13.2. The van der Waals surface area contributed by atoms with Crippen LogP contribution in [0.25, 0.3) is 0 Å². The van der Waals surface area contributed by atoms with E-state index in [1.54, 1.807) is 25.1 Å². The van der Waals surface area contributed by atoms with E-state index in [2.05, 4.69) is 29.5 Å². The Morgan fingerprint density at radius 2 is 1.67 bits per heavy atom. The van der Waals surface area contributed by atoms with Gasteiger partial charge in [0.1, 0.15) is 12.3 Å². The Morgan fingerprint density at radius 3 is 2.28 bits per heavy atom. The molecule has 1 atom stereocenters. The van der Waals surface area contributed by atoms with Gasteiger partial charge in [0.05, 0.1) is 45.2 Å². The van der Waals surface area contributed by atoms with Gasteiger partial charge in [-0.15, -0.1) is 0 Å². The number of hydrogen-bond acceptors (Lipinski definition) is 9. The summed E-state index contributed by atoms with van der Waals surface area (Å²) in [6.07, 6.45) is 3.46. The van der Waals surface area contributed by atoms with Crippen LogP contribution >= 0.6 is 0 Å². The predicted molar refractivity (Wildman–Crippen MR) is 150 cm³/mol. The van der Waals surface area contributed by atoms with Gasteiger partial charge < -0.3 is 34.5 Å². The summed E-state index contributed by atoms with van der Waals surface area (Å²) in [6, 6.07) is 4.19. The van der Waals surface area contributed by atoms with E-state index in [-0.39, 0.29) is 18.4 Å². The fraction of sp³-hybridized carbons (Fsp3) is 0.643. The van der Waals surface area contributed by atoms with Crippen LogP contribution in [0.15, 0.2) is 18.2 Å². The average Bonchev–Trinajstić information content (AvgIpc) is 2.94. The highest BCUT2D eigenvalue weighted by Crippen LogP contribution is 2.23. The molecule has 1 rings (SSSR count). The number of aryl methyl sites for hydroxylation is 1. The first-order valence-corrected chi connectivity index (χ1v) is 13.6. The normalized spacial score (nSPS) is 11.7. The molecule has 0 aliphatic heterocycles. The molecular formula is C28H46N4O7. The molecule has 0 saturated carbocycles. The number of benzene rings is 1. The summed E-state index contributed by atoms with van der Waals surface area (Å²) in [5.41, 5.74) is 1.45. The van der Waals surface area contributed by atoms with E-state index in [0.29, 0.717) is 70.1 Å². The molecule has 2 N–H and O–H groups in total. The monoisotopic (exact) mass is 550 g/mol. The SMILES string of the molecule is CCCCN(C)CCOCCOCCOCCNc1cccc(C)c1C(=O)N(C=O)C(CCC=O)C(=O)NC. The number of nitrogens with zero attached hydrogens (tertiary/aromatic N) is 2. The number of imide groups is 1. The largest absolute Gasteiger partial charge is 0.382 e. The van der Waals surface area contributed by atoms with Crippen molar-refractivity contribution in [3.63, 3.8) is 0 Å². The van der Waals surface area contributed by atoms with E-state index in [0.717, 1.165) is 18.0 Å². The molecule has 0 saturated heterocycles. The maximum absolute atomic E-state index is 13.3. The maximum Gasteiger partial charge on any atom is 0.263 e. The van der Waals surface area contributed by atoms with Crippen LogP contribution in [0.2, 0.25) is 0 Å². The number of aldehydes is 1. The maximum atomic E-state index is 13.3. The first-order chi connectivity index (χ1) is 18.9. The van der Waals surface area contributed by atoms with Gasteiger partial charge in [-0.05, 0) is 45.0 Å². The summed E-state index contributed by atoms with van der Waals surface area (Å²) in [6.45, 7) is 9.33. The lowest BCUT2D eigenvalue weighted by Gasteiger charge is -2.26. The number of likely N-dealkylation sites (N-methyl/N-ethyl adjacent to an activating group) is 2. The number of nitrogens with one attached hydrogen (secondary N) is 2. The molecule has 11 heteroatoms. The quantitative estimate of drug-likeness (QED) is 0.155. The van der Waals surface area contributed by atoms with Crippen molar-refractivity contribution in [2.24, 2.45) is 0 Å². The second kappa shape index (κ2) is 21.0. The van der Waals surface area contributed by atoms with Gasteiger partial charge in [0.2, 0.25) is 12.3 Å². The van der Waals surface area contributed by atoms with Crippen molar-refractivity contribution in [1.82, 2.24) is 15.1 Å². The van der Waals surface area contributed by atoms with Crippen molar-refractivity contribution in [3.8, 4) is 0 Å². The Balaban J connectivity index is 2.45. The summed E-state index contributed by atoms with van der Waals surface area (Å²) in [7, 11) is 3.51. The van der Waals surface area contributed by atoms with Crippen LogP contribution in [0.3, 0.4) is 0 Å². The van der Waals surface area contributed by atoms with Crippen molar-refractivity contribution < 1.29 is 33.4 Å². The lowest BCUT2D eigenvalue weighted by molar-refractivity contribution is -0.131. The minimum absolute atomic E-state index is 0.0411. The Labute approximate surface area is 232 Å². The topological polar surface area (TPSA) is 127 Å². The van der Waals surface area contributed by atoms with Crippen molar-refractivity contribution in [1.29, 1.82) is 0 Å². The van der Waals surface area contributed by atoms with Crippen LogP contribution < -0.4 is 10.6 Å². The molecule has 3 amide bonds. The Hall–Kier alpha value is -2.86. The van der Waals surface area contributed by atoms with Crippen molar-refractivity contribution in [2.75, 3.05) is 78.7 Å². The first-order valence-electron chi connectivity index (χ1n) is 13.6. The molecule has 39 heavy (non-hydrogen) atoms. The number of unbranched alkanes of at least 4 members (excludes halogenated alkanes) is 1. The number of anilines is 1. The molecule has 0 fully saturated rings. The number of rotatable bonds is 23. The van der Waals surface area contributed by atoms with E-state index in [4.69, 9.17) is 14.2 Å². The van der Waals surface area contributed by atoms with Gasteiger partial charge >= 0.3 is 0 Å². The molecule has 1 unspecified atom stereocenters. The third-order valence-electron chi connectivity index (χ3n) is 6.09. The third-order valence-corrected chi connectivity index (χ3v) is 6.09. The first kappa shape index (κ1) is 34.2. The molecule has 220 valence electrons. The van der Waals surface area contributed by atoms with Crippen LogP contribution in [0, 0.1) is 6.92 Å². The Bertz CT molecular complexity index is 868. The molecule has 0 aromatic heterocycles. The highest BCUT2D eigenvalue weighted by molar-refractivity contribution is 6.07. The van der Waals surface area contributed by atoms with Gasteiger partial charge in [0.15, 0.2) is 0 Å². The highest BCUT2D eigenvalue weighted by Gasteiger charge is 2.31. The number of hydrogen-bond donors (Lipinski definition) is 2. The summed E-state index contributed by atoms with van der Waals surface area (Å²) in [4.78, 5) is 51.5. The zero-order valence-electron chi connectivity index (χ0n) is 23.9. The Kier molecular flexibility index (Phi) is 18.4. The van der Waals surface area contributed by atoms with Gasteiger partial charge in [0.25, 0.3) is 5.91 Å². The minimum Gasteiger partial charge on any atom is -0.382 e. The lowest BCUT2D eigenvalue weighted by atomic mass is 10.0. The van der Waals surface area contributed by atoms with Gasteiger partial charge in [0, 0.05) is 32.2 Å². The van der Waals surface area contributed by atoms with Crippen molar-refractivity contribution in [2.45, 2.75) is 45.6 Å². The van der Waals surface area contributed by atoms with Gasteiger partial charge in [-0.25, -0.2) is 0 Å². The van der Waals surface area contributed by atoms with Crippen LogP contribution in [0.1, 0.15) is 48.5 Å². The van der Waals surface area contributed by atoms with Crippen molar-refractivity contribution >= 4 is 30.2 Å². The zero-order chi connectivity index (χ0) is 28.9. The standard InChI is InChI=1S/C28H46N4O7/c1-5-6-13-31(4)14-17-38-19-21-39-20-18-37-16-12-30-24-10-7-9-23(2)26(24)28(36)32(22-34)25(11-8-15-33)27(35)29-3/h7,9-10,15,22,25,30H,5-6,8,11-14,16-21H2,1-4H3,(H,29,35). The lowest BCUT2D eigenvalue weighted by Crippen LogP contribution is -2.48. The van der Waals surface area contributed by atoms with Gasteiger partial charge in [-0.1, -0.05) is 25.5 Å². The van der Waals surface area contributed by atoms with E-state index < -0.39 is 17.9 Å². The second-order valence-corrected chi connectivity index (χ2v) is 9.11. The van der Waals surface area contributed by atoms with Crippen LogP contribution in [0.5, 0.6) is 0 Å². The Morgan fingerprint density at radius 1 is 1.00 bits per heavy atom. The molecule has 0 aliphatic rings. The summed E-state index contributed by atoms with van der Waals surface area (Å²) < 4.78 is 16.7. The summed E-state index contributed by atoms with van der Waals surface area (Å²) in [5.74, 6) is -1.13. The molecule has 1 aromatic rings. The molecule has 0 heterocycles. The number of carbonyl (C=O) groups excluding carboxylic acids is 4. The fourth-order valence-corrected chi connectivity index (χ4v) is 3.84. The number of amides is 3. The van der Waals surface area contributed by atoms with Crippen molar-refractivity contribution in [3.05, 3.63) is 29.3 Å². The molecule has 1 aromatic carbocycles. The van der Waals surface area contributed by atoms with E-state index in [1.165, 1.54) is 19.9 Å². The highest BCUT2D eigenvalue weighted by atomic mass is 16.5. The number of carbonyl (C=O) groups is 4. The smallest absolute Gasteiger partial charge is 0.263 e. The number of ether oxygens (including phenoxy) is 3. The minimum atomic E-state index is -1.08. The molecule has 11 nitrogen and oxygen atoms in total. The molecular weight excluding hydrogens is 504 g/mol. The average molecular weight is 551 g/mol. The van der Waals surface area contributed by atoms with Crippen LogP contribution in [-0.4, -0.2) is 114 Å². The van der Waals surface area contributed by atoms with Crippen LogP contribution in [0.4, 0.5) is 5.69 Å². The fourth-order valence-electron chi connectivity index (χ4n) is 3.84. The zero-order valence-corrected chi connectivity index (χ0v) is 23.9. The molecule has 0 bridgehead atoms. The molecule has 0 aliphatic carbocycles. The van der Waals surface area contributed by atoms with E-state index >= 15 is 0 Å². The van der Waals surface area contributed by atoms with E-state index in [9.17, 15) is 19.2 Å². The molecule has 0 spiro atoms.